The third-order valence-electron chi connectivity index (χ3n) is 12.1. The molecule has 0 heterocycles. The minimum absolute atomic E-state index is 0.0434. The van der Waals surface area contributed by atoms with Gasteiger partial charge >= 0.3 is 0 Å². The number of unbranched alkanes of at least 4 members (excludes halogenated alkanes) is 6. The molecule has 0 aromatic heterocycles. The van der Waals surface area contributed by atoms with Crippen LogP contribution in [0, 0.1) is 11.3 Å². The Kier molecular flexibility index (Phi) is 10.8. The van der Waals surface area contributed by atoms with Crippen LogP contribution < -0.4 is 5.32 Å². The van der Waals surface area contributed by atoms with Crippen LogP contribution in [0.5, 0.6) is 0 Å². The van der Waals surface area contributed by atoms with Crippen molar-refractivity contribution in [3.63, 3.8) is 0 Å². The Morgan fingerprint density at radius 3 is 1.79 bits per heavy atom. The van der Waals surface area contributed by atoms with Gasteiger partial charge in [-0.3, -0.25) is 4.79 Å². The smallest absolute Gasteiger partial charge is 0.255 e. The first-order chi connectivity index (χ1) is 27.5. The van der Waals surface area contributed by atoms with Crippen molar-refractivity contribution < 1.29 is 4.79 Å². The Bertz CT molecular complexity index is 2580. The van der Waals surface area contributed by atoms with Gasteiger partial charge in [0.1, 0.15) is 6.07 Å². The van der Waals surface area contributed by atoms with Gasteiger partial charge in [0, 0.05) is 16.5 Å². The van der Waals surface area contributed by atoms with Crippen LogP contribution >= 0.6 is 0 Å². The molecule has 1 aliphatic carbocycles. The van der Waals surface area contributed by atoms with Crippen molar-refractivity contribution >= 4 is 33.1 Å². The average Bonchev–Trinajstić information content (AvgIpc) is 3.52. The Hall–Kier alpha value is -5.98. The molecule has 0 aliphatic heterocycles. The molecule has 0 radical (unpaired) electrons. The van der Waals surface area contributed by atoms with E-state index < -0.39 is 0 Å². The van der Waals surface area contributed by atoms with Crippen LogP contribution in [0.1, 0.15) is 105 Å². The van der Waals surface area contributed by atoms with E-state index in [4.69, 9.17) is 0 Å². The van der Waals surface area contributed by atoms with Crippen LogP contribution in [-0.4, -0.2) is 5.91 Å². The number of amides is 1. The number of hydrogen-bond acceptors (Lipinski definition) is 2. The lowest BCUT2D eigenvalue weighted by molar-refractivity contribution is 0.102. The minimum atomic E-state index is -0.217. The lowest BCUT2D eigenvalue weighted by Crippen LogP contribution is -2.25. The van der Waals surface area contributed by atoms with E-state index in [9.17, 15) is 10.1 Å². The average molecular weight is 731 g/mol. The molecule has 0 saturated heterocycles. The van der Waals surface area contributed by atoms with Crippen molar-refractivity contribution in [2.24, 2.45) is 0 Å². The summed E-state index contributed by atoms with van der Waals surface area (Å²) in [5.41, 5.74) is 10.4. The summed E-state index contributed by atoms with van der Waals surface area (Å²) in [4.78, 5) is 14.5. The molecule has 1 aliphatic rings. The van der Waals surface area contributed by atoms with Crippen molar-refractivity contribution in [3.05, 3.63) is 162 Å². The summed E-state index contributed by atoms with van der Waals surface area (Å²) in [7, 11) is 0. The van der Waals surface area contributed by atoms with Crippen LogP contribution in [0.15, 0.2) is 140 Å². The molecule has 278 valence electrons. The highest BCUT2D eigenvalue weighted by molar-refractivity contribution is 6.09. The fraction of sp³-hybridized carbons (Fsp3) is 0.245. The number of fused-ring (bicyclic) bond motifs is 5. The van der Waals surface area contributed by atoms with E-state index >= 15 is 0 Å². The summed E-state index contributed by atoms with van der Waals surface area (Å²) in [6, 6.07) is 51.1. The summed E-state index contributed by atoms with van der Waals surface area (Å²) in [5.74, 6) is -0.217. The van der Waals surface area contributed by atoms with Gasteiger partial charge in [0.25, 0.3) is 5.91 Å². The SMILES string of the molecule is CCCCCCC1(CCCCCC)c2ccccc2-c2cc(C(=O)Nc3c(C#N)cc(-c4ccc5ccccc5c4)cc3-c3ccc4ccccc4c3)ccc21. The van der Waals surface area contributed by atoms with Crippen LogP contribution in [0.3, 0.4) is 0 Å². The molecule has 0 saturated carbocycles. The zero-order valence-corrected chi connectivity index (χ0v) is 32.7. The zero-order valence-electron chi connectivity index (χ0n) is 32.7. The van der Waals surface area contributed by atoms with Gasteiger partial charge in [-0.25, -0.2) is 0 Å². The molecule has 56 heavy (non-hydrogen) atoms. The predicted octanol–water partition coefficient (Wildman–Crippen LogP) is 14.7. The summed E-state index contributed by atoms with van der Waals surface area (Å²) in [6.45, 7) is 4.55. The van der Waals surface area contributed by atoms with Crippen molar-refractivity contribution in [1.29, 1.82) is 5.26 Å². The molecule has 0 spiro atoms. The van der Waals surface area contributed by atoms with Crippen molar-refractivity contribution in [2.45, 2.75) is 83.5 Å². The number of rotatable bonds is 14. The lowest BCUT2D eigenvalue weighted by Gasteiger charge is -2.33. The summed E-state index contributed by atoms with van der Waals surface area (Å²) in [5, 5.41) is 18.5. The molecule has 7 aromatic rings. The van der Waals surface area contributed by atoms with Crippen molar-refractivity contribution in [2.75, 3.05) is 5.32 Å². The van der Waals surface area contributed by atoms with Crippen LogP contribution in [-0.2, 0) is 5.41 Å². The summed E-state index contributed by atoms with van der Waals surface area (Å²) >= 11 is 0. The number of nitrogens with zero attached hydrogens (tertiary/aromatic N) is 1. The molecule has 3 heteroatoms. The Morgan fingerprint density at radius 1 is 0.536 bits per heavy atom. The molecule has 3 nitrogen and oxygen atoms in total. The molecule has 7 aromatic carbocycles. The van der Waals surface area contributed by atoms with E-state index in [0.29, 0.717) is 16.8 Å². The van der Waals surface area contributed by atoms with E-state index in [0.717, 1.165) is 56.6 Å². The number of benzene rings is 7. The summed E-state index contributed by atoms with van der Waals surface area (Å²) < 4.78 is 0. The van der Waals surface area contributed by atoms with Crippen LogP contribution in [0.2, 0.25) is 0 Å². The second-order valence-electron chi connectivity index (χ2n) is 15.6. The highest BCUT2D eigenvalue weighted by atomic mass is 16.1. The second-order valence-corrected chi connectivity index (χ2v) is 15.6. The largest absolute Gasteiger partial charge is 0.320 e. The second kappa shape index (κ2) is 16.4. The maximum atomic E-state index is 14.5. The highest BCUT2D eigenvalue weighted by Crippen LogP contribution is 2.54. The van der Waals surface area contributed by atoms with Crippen LogP contribution in [0.25, 0.3) is 54.9 Å². The van der Waals surface area contributed by atoms with Gasteiger partial charge in [0.2, 0.25) is 0 Å². The van der Waals surface area contributed by atoms with E-state index in [1.165, 1.54) is 73.6 Å². The topological polar surface area (TPSA) is 52.9 Å². The normalized spacial score (nSPS) is 12.7. The molecular weight excluding hydrogens is 681 g/mol. The third-order valence-corrected chi connectivity index (χ3v) is 12.1. The van der Waals surface area contributed by atoms with Gasteiger partial charge in [-0.05, 0) is 110 Å². The molecule has 0 fully saturated rings. The molecule has 1 N–H and O–H groups in total. The minimum Gasteiger partial charge on any atom is -0.320 e. The number of nitriles is 1. The van der Waals surface area contributed by atoms with E-state index in [1.54, 1.807) is 0 Å². The zero-order chi connectivity index (χ0) is 38.5. The monoisotopic (exact) mass is 730 g/mol. The number of hydrogen-bond donors (Lipinski definition) is 1. The Labute approximate surface area is 332 Å². The third kappa shape index (κ3) is 7.13. The predicted molar refractivity (Wildman–Crippen MR) is 235 cm³/mol. The van der Waals surface area contributed by atoms with Crippen molar-refractivity contribution in [1.82, 2.24) is 0 Å². The number of nitrogens with one attached hydrogen (secondary N) is 1. The maximum Gasteiger partial charge on any atom is 0.255 e. The Balaban J connectivity index is 1.20. The fourth-order valence-corrected chi connectivity index (χ4v) is 9.15. The van der Waals surface area contributed by atoms with Gasteiger partial charge < -0.3 is 5.32 Å². The Morgan fingerprint density at radius 2 is 1.12 bits per heavy atom. The van der Waals surface area contributed by atoms with Crippen LogP contribution in [0.4, 0.5) is 5.69 Å². The first kappa shape index (κ1) is 37.0. The van der Waals surface area contributed by atoms with E-state index in [1.807, 2.05) is 36.4 Å². The molecular formula is C53H50N2O. The van der Waals surface area contributed by atoms with E-state index in [2.05, 4.69) is 128 Å². The molecule has 8 rings (SSSR count). The standard InChI is InChI=1S/C53H50N2O/c1-3-5-7-15-29-53(30-16-8-6-4-2)49-22-14-13-21-46(49)48-34-43(27-28-50(48)53)52(56)55-51-45(36-54)33-44(41-25-23-37-17-9-11-19-39(37)31-41)35-47(51)42-26-24-38-18-10-12-20-40(38)32-42/h9-14,17-28,31-35H,3-8,15-16,29-30H2,1-2H3,(H,55,56). The first-order valence-electron chi connectivity index (χ1n) is 20.6. The van der Waals surface area contributed by atoms with Gasteiger partial charge in [-0.2, -0.15) is 5.26 Å². The quantitative estimate of drug-likeness (QED) is 0.113. The first-order valence-corrected chi connectivity index (χ1v) is 20.6. The summed E-state index contributed by atoms with van der Waals surface area (Å²) in [6.07, 6.45) is 12.1. The lowest BCUT2D eigenvalue weighted by atomic mass is 9.70. The van der Waals surface area contributed by atoms with Gasteiger partial charge in [0.15, 0.2) is 0 Å². The molecule has 0 unspecified atom stereocenters. The number of carbonyl (C=O) groups excluding carboxylic acids is 1. The highest BCUT2D eigenvalue weighted by Gasteiger charge is 2.42. The molecule has 1 amide bonds. The molecule has 0 atom stereocenters. The van der Waals surface area contributed by atoms with Gasteiger partial charge in [0.05, 0.1) is 11.3 Å². The van der Waals surface area contributed by atoms with Crippen molar-refractivity contribution in [3.8, 4) is 39.4 Å². The number of anilines is 1. The van der Waals surface area contributed by atoms with Gasteiger partial charge in [-0.1, -0.05) is 168 Å². The molecule has 0 bridgehead atoms. The maximum absolute atomic E-state index is 14.5. The number of carbonyl (C=O) groups is 1. The fourth-order valence-electron chi connectivity index (χ4n) is 9.15. The van der Waals surface area contributed by atoms with E-state index in [-0.39, 0.29) is 11.3 Å². The van der Waals surface area contributed by atoms with Gasteiger partial charge in [-0.15, -0.1) is 0 Å².